The lowest BCUT2D eigenvalue weighted by atomic mass is 9.92. The molecule has 24 heavy (non-hydrogen) atoms. The zero-order valence-corrected chi connectivity index (χ0v) is 13.8. The Bertz CT molecular complexity index is 615. The molecule has 0 aromatic heterocycles. The highest BCUT2D eigenvalue weighted by Crippen LogP contribution is 2.31. The number of unbranched alkanes of at least 4 members (excludes halogenated alkanes) is 1. The van der Waals surface area contributed by atoms with Crippen molar-refractivity contribution in [2.75, 3.05) is 20.3 Å². The molecule has 2 rings (SSSR count). The summed E-state index contributed by atoms with van der Waals surface area (Å²) in [6, 6.07) is 7.70. The van der Waals surface area contributed by atoms with Crippen LogP contribution in [0.2, 0.25) is 0 Å². The molecule has 0 fully saturated rings. The Labute approximate surface area is 142 Å². The maximum Gasteiger partial charge on any atom is 0.285 e. The third kappa shape index (κ3) is 4.85. The van der Waals surface area contributed by atoms with Crippen molar-refractivity contribution in [3.8, 4) is 12.3 Å². The second kappa shape index (κ2) is 9.11. The van der Waals surface area contributed by atoms with Crippen molar-refractivity contribution in [1.82, 2.24) is 5.32 Å². The number of likely N-dealkylation sites (N-methyl/N-ethyl adjacent to an activating group) is 1. The average molecular weight is 329 g/mol. The second-order valence-electron chi connectivity index (χ2n) is 5.57. The van der Waals surface area contributed by atoms with Gasteiger partial charge < -0.3 is 19.9 Å². The molecule has 1 heterocycles. The standard InChI is InChI=1S/C19H23NO4/c1-3-14-6-8-15(9-7-14)16-12-17(19(22)20-2)24-18(13-16)23-11-5-4-10-21/h1,6-9,12,16,18,21H,4-5,10-11,13H2,2H3,(H,20,22)/t16-,18+/m0/s1. The Morgan fingerprint density at radius 1 is 1.42 bits per heavy atom. The summed E-state index contributed by atoms with van der Waals surface area (Å²) in [5.41, 5.74) is 1.88. The number of rotatable bonds is 7. The molecule has 2 N–H and O–H groups in total. The molecule has 2 atom stereocenters. The van der Waals surface area contributed by atoms with E-state index in [4.69, 9.17) is 21.0 Å². The largest absolute Gasteiger partial charge is 0.459 e. The number of nitrogens with one attached hydrogen (secondary N) is 1. The molecule has 0 unspecified atom stereocenters. The minimum atomic E-state index is -0.488. The van der Waals surface area contributed by atoms with Crippen molar-refractivity contribution in [1.29, 1.82) is 0 Å². The van der Waals surface area contributed by atoms with Gasteiger partial charge in [0.25, 0.3) is 5.91 Å². The number of ether oxygens (including phenoxy) is 2. The number of amides is 1. The van der Waals surface area contributed by atoms with E-state index in [2.05, 4.69) is 11.2 Å². The van der Waals surface area contributed by atoms with E-state index < -0.39 is 6.29 Å². The number of carbonyl (C=O) groups excluding carboxylic acids is 1. The predicted molar refractivity (Wildman–Crippen MR) is 91.0 cm³/mol. The molecule has 0 bridgehead atoms. The average Bonchev–Trinajstić information content (AvgIpc) is 2.64. The van der Waals surface area contributed by atoms with Crippen molar-refractivity contribution in [3.63, 3.8) is 0 Å². The Balaban J connectivity index is 2.11. The van der Waals surface area contributed by atoms with Crippen LogP contribution < -0.4 is 5.32 Å². The summed E-state index contributed by atoms with van der Waals surface area (Å²) >= 11 is 0. The lowest BCUT2D eigenvalue weighted by Gasteiger charge is -2.29. The van der Waals surface area contributed by atoms with E-state index in [0.717, 1.165) is 17.5 Å². The fourth-order valence-electron chi connectivity index (χ4n) is 2.53. The van der Waals surface area contributed by atoms with Gasteiger partial charge in [0.1, 0.15) is 0 Å². The summed E-state index contributed by atoms with van der Waals surface area (Å²) in [6.45, 7) is 0.622. The highest BCUT2D eigenvalue weighted by molar-refractivity contribution is 5.91. The Morgan fingerprint density at radius 3 is 2.79 bits per heavy atom. The van der Waals surface area contributed by atoms with Crippen molar-refractivity contribution in [2.45, 2.75) is 31.5 Å². The lowest BCUT2D eigenvalue weighted by molar-refractivity contribution is -0.146. The minimum Gasteiger partial charge on any atom is -0.459 e. The number of aliphatic hydroxyl groups excluding tert-OH is 1. The van der Waals surface area contributed by atoms with Crippen LogP contribution in [0.25, 0.3) is 0 Å². The van der Waals surface area contributed by atoms with Crippen molar-refractivity contribution >= 4 is 5.91 Å². The van der Waals surface area contributed by atoms with Gasteiger partial charge in [-0.1, -0.05) is 18.1 Å². The second-order valence-corrected chi connectivity index (χ2v) is 5.57. The number of terminal acetylenes is 1. The van der Waals surface area contributed by atoms with Crippen LogP contribution in [0.15, 0.2) is 36.1 Å². The van der Waals surface area contributed by atoms with Crippen LogP contribution in [0.4, 0.5) is 0 Å². The fourth-order valence-corrected chi connectivity index (χ4v) is 2.53. The van der Waals surface area contributed by atoms with E-state index in [1.54, 1.807) is 7.05 Å². The topological polar surface area (TPSA) is 67.8 Å². The number of allylic oxidation sites excluding steroid dienone is 1. The summed E-state index contributed by atoms with van der Waals surface area (Å²) in [7, 11) is 1.56. The van der Waals surface area contributed by atoms with Crippen LogP contribution in [-0.2, 0) is 14.3 Å². The van der Waals surface area contributed by atoms with E-state index >= 15 is 0 Å². The number of carbonyl (C=O) groups is 1. The highest BCUT2D eigenvalue weighted by atomic mass is 16.7. The normalized spacial score (nSPS) is 19.8. The van der Waals surface area contributed by atoms with Crippen LogP contribution in [0.5, 0.6) is 0 Å². The van der Waals surface area contributed by atoms with Crippen molar-refractivity contribution < 1.29 is 19.4 Å². The molecule has 1 aromatic rings. The van der Waals surface area contributed by atoms with E-state index in [1.807, 2.05) is 30.3 Å². The molecule has 0 saturated carbocycles. The molecule has 128 valence electrons. The molecule has 1 aromatic carbocycles. The van der Waals surface area contributed by atoms with Gasteiger partial charge in [-0.15, -0.1) is 6.42 Å². The maximum atomic E-state index is 11.9. The van der Waals surface area contributed by atoms with Gasteiger partial charge >= 0.3 is 0 Å². The molecule has 5 heteroatoms. The Morgan fingerprint density at radius 2 is 2.17 bits per heavy atom. The SMILES string of the molecule is C#Cc1ccc([C@H]2C=C(C(=O)NC)O[C@@H](OCCCCO)C2)cc1. The van der Waals surface area contributed by atoms with Crippen LogP contribution in [0.3, 0.4) is 0 Å². The van der Waals surface area contributed by atoms with E-state index in [-0.39, 0.29) is 24.2 Å². The van der Waals surface area contributed by atoms with Gasteiger partial charge in [-0.05, 0) is 36.6 Å². The van der Waals surface area contributed by atoms with Gasteiger partial charge in [0.2, 0.25) is 6.29 Å². The third-order valence-electron chi connectivity index (χ3n) is 3.87. The highest BCUT2D eigenvalue weighted by Gasteiger charge is 2.28. The third-order valence-corrected chi connectivity index (χ3v) is 3.87. The molecule has 1 amide bonds. The zero-order valence-electron chi connectivity index (χ0n) is 13.8. The molecule has 0 saturated heterocycles. The summed E-state index contributed by atoms with van der Waals surface area (Å²) in [6.07, 6.45) is 8.77. The van der Waals surface area contributed by atoms with Crippen molar-refractivity contribution in [2.24, 2.45) is 0 Å². The first-order valence-electron chi connectivity index (χ1n) is 8.07. The quantitative estimate of drug-likeness (QED) is 0.592. The van der Waals surface area contributed by atoms with E-state index in [1.165, 1.54) is 0 Å². The number of hydrogen-bond acceptors (Lipinski definition) is 4. The Hall–Kier alpha value is -2.29. The van der Waals surface area contributed by atoms with Gasteiger partial charge in [0.15, 0.2) is 5.76 Å². The van der Waals surface area contributed by atoms with Gasteiger partial charge in [0.05, 0.1) is 6.61 Å². The monoisotopic (exact) mass is 329 g/mol. The lowest BCUT2D eigenvalue weighted by Crippen LogP contribution is -2.31. The van der Waals surface area contributed by atoms with E-state index in [9.17, 15) is 4.79 Å². The molecular weight excluding hydrogens is 306 g/mol. The minimum absolute atomic E-state index is 0.0146. The Kier molecular flexibility index (Phi) is 6.86. The molecule has 1 aliphatic rings. The maximum absolute atomic E-state index is 11.9. The van der Waals surface area contributed by atoms with Crippen LogP contribution in [0.1, 0.15) is 36.3 Å². The summed E-state index contributed by atoms with van der Waals surface area (Å²) in [5.74, 6) is 2.60. The number of benzene rings is 1. The number of hydrogen-bond donors (Lipinski definition) is 2. The molecule has 5 nitrogen and oxygen atoms in total. The summed E-state index contributed by atoms with van der Waals surface area (Å²) in [4.78, 5) is 11.9. The summed E-state index contributed by atoms with van der Waals surface area (Å²) in [5, 5.41) is 11.4. The van der Waals surface area contributed by atoms with Gasteiger partial charge in [-0.2, -0.15) is 0 Å². The van der Waals surface area contributed by atoms with Crippen LogP contribution >= 0.6 is 0 Å². The molecule has 0 spiro atoms. The summed E-state index contributed by atoms with van der Waals surface area (Å²) < 4.78 is 11.4. The first kappa shape index (κ1) is 18.1. The zero-order chi connectivity index (χ0) is 17.4. The molecule has 1 aliphatic heterocycles. The first-order valence-corrected chi connectivity index (χ1v) is 8.07. The molecule has 0 radical (unpaired) electrons. The molecule has 0 aliphatic carbocycles. The predicted octanol–water partition coefficient (Wildman–Crippen LogP) is 1.92. The van der Waals surface area contributed by atoms with Crippen LogP contribution in [-0.4, -0.2) is 37.6 Å². The molecular formula is C19H23NO4. The van der Waals surface area contributed by atoms with Crippen LogP contribution in [0, 0.1) is 12.3 Å². The fraction of sp³-hybridized carbons (Fsp3) is 0.421. The van der Waals surface area contributed by atoms with Gasteiger partial charge in [0, 0.05) is 31.6 Å². The van der Waals surface area contributed by atoms with Gasteiger partial charge in [-0.25, -0.2) is 0 Å². The number of aliphatic hydroxyl groups is 1. The smallest absolute Gasteiger partial charge is 0.285 e. The first-order chi connectivity index (χ1) is 11.7. The van der Waals surface area contributed by atoms with E-state index in [0.29, 0.717) is 19.4 Å². The van der Waals surface area contributed by atoms with Crippen molar-refractivity contribution in [3.05, 3.63) is 47.2 Å². The van der Waals surface area contributed by atoms with Gasteiger partial charge in [-0.3, -0.25) is 4.79 Å².